The smallest absolute Gasteiger partial charge is 0.295 e. The van der Waals surface area contributed by atoms with Crippen LogP contribution < -0.4 is 10.0 Å². The molecule has 4 rings (SSSR count). The lowest BCUT2D eigenvalue weighted by molar-refractivity contribution is -0.857. The molecule has 8 heteroatoms. The number of hydrogen-bond donors (Lipinski definition) is 1. The molecule has 2 aromatic heterocycles. The van der Waals surface area contributed by atoms with Gasteiger partial charge in [0.05, 0.1) is 44.6 Å². The number of aromatic nitrogens is 2. The fraction of sp³-hybridized carbons (Fsp3) is 0.261. The molecule has 1 aliphatic heterocycles. The average molecular weight is 439 g/mol. The highest BCUT2D eigenvalue weighted by molar-refractivity contribution is 6.46. The number of amides is 1. The van der Waals surface area contributed by atoms with Gasteiger partial charge < -0.3 is 19.3 Å². The van der Waals surface area contributed by atoms with Crippen molar-refractivity contribution in [3.63, 3.8) is 0 Å². The van der Waals surface area contributed by atoms with Gasteiger partial charge in [-0.15, -0.1) is 0 Å². The van der Waals surface area contributed by atoms with Gasteiger partial charge in [-0.1, -0.05) is 35.6 Å². The number of Topliss-reactive ketones (excluding diaryl/α,β-unsaturated/α-hetero) is 1. The Morgan fingerprint density at radius 1 is 1.16 bits per heavy atom. The Hall–Kier alpha value is -3.16. The lowest BCUT2D eigenvalue weighted by Crippen LogP contribution is -3.06. The predicted molar refractivity (Wildman–Crippen MR) is 115 cm³/mol. The summed E-state index contributed by atoms with van der Waals surface area (Å²) in [5, 5.41) is 14.2. The number of carbonyl (C=O) groups is 2. The maximum absolute atomic E-state index is 13.7. The van der Waals surface area contributed by atoms with Crippen molar-refractivity contribution >= 4 is 34.7 Å². The maximum atomic E-state index is 13.7. The minimum atomic E-state index is -0.766. The van der Waals surface area contributed by atoms with E-state index in [1.807, 2.05) is 20.2 Å². The molecule has 1 aromatic carbocycles. The van der Waals surface area contributed by atoms with Crippen LogP contribution >= 0.6 is 11.6 Å². The van der Waals surface area contributed by atoms with E-state index in [4.69, 9.17) is 11.6 Å². The molecule has 1 fully saturated rings. The van der Waals surface area contributed by atoms with Crippen LogP contribution in [0.25, 0.3) is 11.4 Å². The first-order chi connectivity index (χ1) is 14.8. The number of hydrogen-bond acceptors (Lipinski definition) is 4. The third kappa shape index (κ3) is 3.71. The van der Waals surface area contributed by atoms with E-state index in [9.17, 15) is 14.7 Å². The average Bonchev–Trinajstić information content (AvgIpc) is 3.20. The van der Waals surface area contributed by atoms with E-state index in [0.29, 0.717) is 40.7 Å². The first-order valence-electron chi connectivity index (χ1n) is 10.0. The fourth-order valence-corrected chi connectivity index (χ4v) is 4.08. The Morgan fingerprint density at radius 3 is 2.55 bits per heavy atom. The number of nitrogens with zero attached hydrogens (tertiary/aromatic N) is 3. The summed E-state index contributed by atoms with van der Waals surface area (Å²) >= 11 is 6.04. The largest absolute Gasteiger partial charge is 0.871 e. The lowest BCUT2D eigenvalue weighted by atomic mass is 9.96. The Kier molecular flexibility index (Phi) is 5.56. The number of fused-ring (bicyclic) bond motifs is 1. The van der Waals surface area contributed by atoms with Crippen LogP contribution in [0.2, 0.25) is 5.02 Å². The second kappa shape index (κ2) is 8.17. The Labute approximate surface area is 185 Å². The van der Waals surface area contributed by atoms with Gasteiger partial charge in [-0.05, 0) is 36.8 Å². The van der Waals surface area contributed by atoms with Crippen LogP contribution in [0.1, 0.15) is 23.0 Å². The summed E-state index contributed by atoms with van der Waals surface area (Å²) in [6.45, 7) is 2.72. The number of pyridine rings is 1. The summed E-state index contributed by atoms with van der Waals surface area (Å²) in [4.78, 5) is 33.1. The third-order valence-corrected chi connectivity index (χ3v) is 5.74. The summed E-state index contributed by atoms with van der Waals surface area (Å²) in [6, 6.07) is 11.5. The first-order valence-corrected chi connectivity index (χ1v) is 10.4. The standard InChI is InChI=1S/C23H23ClN4O3/c1-14-19(27-11-5-4-6-17(27)25-14)21(29)18-20(15-7-9-16(24)10-8-15)28(13-12-26(2)3)23(31)22(18)30/h4-11,20,29H,12-13H2,1-3H3. The molecule has 160 valence electrons. The van der Waals surface area contributed by atoms with Gasteiger partial charge in [0, 0.05) is 16.8 Å². The van der Waals surface area contributed by atoms with E-state index in [0.717, 1.165) is 4.90 Å². The molecule has 0 saturated carbocycles. The molecule has 3 aromatic rings. The number of rotatable bonds is 5. The van der Waals surface area contributed by atoms with Gasteiger partial charge in [-0.3, -0.25) is 9.59 Å². The number of likely N-dealkylation sites (N-methyl/N-ethyl adjacent to an activating group) is 1. The zero-order chi connectivity index (χ0) is 22.3. The maximum Gasteiger partial charge on any atom is 0.295 e. The SMILES string of the molecule is Cc1nc2ccccn2c1C([O-])=C1C(=O)C(=O)N(CC[NH+](C)C)C1c1ccc(Cl)cc1. The summed E-state index contributed by atoms with van der Waals surface area (Å²) in [5.74, 6) is -1.89. The van der Waals surface area contributed by atoms with Gasteiger partial charge in [0.1, 0.15) is 5.65 Å². The van der Waals surface area contributed by atoms with Crippen LogP contribution in [-0.4, -0.2) is 53.2 Å². The quantitative estimate of drug-likeness (QED) is 0.360. The Morgan fingerprint density at radius 2 is 1.87 bits per heavy atom. The summed E-state index contributed by atoms with van der Waals surface area (Å²) in [5.41, 5.74) is 2.04. The Balaban J connectivity index is 1.92. The summed E-state index contributed by atoms with van der Waals surface area (Å²) in [7, 11) is 3.94. The number of imidazole rings is 1. The molecule has 1 amide bonds. The monoisotopic (exact) mass is 438 g/mol. The highest BCUT2D eigenvalue weighted by atomic mass is 35.5. The second-order valence-corrected chi connectivity index (χ2v) is 8.39. The number of likely N-dealkylation sites (tertiary alicyclic amines) is 1. The normalized spacial score (nSPS) is 18.5. The highest BCUT2D eigenvalue weighted by Crippen LogP contribution is 2.39. The number of nitrogens with one attached hydrogen (secondary N) is 1. The lowest BCUT2D eigenvalue weighted by Gasteiger charge is -2.27. The van der Waals surface area contributed by atoms with E-state index in [2.05, 4.69) is 4.98 Å². The molecular weight excluding hydrogens is 416 g/mol. The van der Waals surface area contributed by atoms with Crippen molar-refractivity contribution in [2.45, 2.75) is 13.0 Å². The van der Waals surface area contributed by atoms with E-state index >= 15 is 0 Å². The molecule has 0 aliphatic carbocycles. The minimum absolute atomic E-state index is 0.0465. The first kappa shape index (κ1) is 21.1. The van der Waals surface area contributed by atoms with Gasteiger partial charge in [-0.2, -0.15) is 0 Å². The number of carbonyl (C=O) groups excluding carboxylic acids is 2. The van der Waals surface area contributed by atoms with Crippen molar-refractivity contribution in [1.29, 1.82) is 0 Å². The number of halogens is 1. The minimum Gasteiger partial charge on any atom is -0.871 e. The summed E-state index contributed by atoms with van der Waals surface area (Å²) < 4.78 is 1.66. The van der Waals surface area contributed by atoms with Crippen LogP contribution in [0.3, 0.4) is 0 Å². The Bertz CT molecular complexity index is 1200. The van der Waals surface area contributed by atoms with Gasteiger partial charge in [0.15, 0.2) is 0 Å². The number of quaternary nitrogens is 1. The van der Waals surface area contributed by atoms with Crippen LogP contribution in [0.5, 0.6) is 0 Å². The van der Waals surface area contributed by atoms with Crippen LogP contribution in [0.4, 0.5) is 0 Å². The molecule has 1 atom stereocenters. The van der Waals surface area contributed by atoms with E-state index in [1.165, 1.54) is 4.90 Å². The fourth-order valence-electron chi connectivity index (χ4n) is 3.95. The van der Waals surface area contributed by atoms with Gasteiger partial charge in [-0.25, -0.2) is 4.98 Å². The predicted octanol–water partition coefficient (Wildman–Crippen LogP) is 0.665. The molecule has 1 aliphatic rings. The number of ketones is 1. The van der Waals surface area contributed by atoms with E-state index < -0.39 is 23.5 Å². The molecule has 1 unspecified atom stereocenters. The van der Waals surface area contributed by atoms with Crippen molar-refractivity contribution in [3.8, 4) is 0 Å². The van der Waals surface area contributed by atoms with Crippen LogP contribution in [0.15, 0.2) is 54.2 Å². The van der Waals surface area contributed by atoms with Crippen molar-refractivity contribution in [2.24, 2.45) is 0 Å². The van der Waals surface area contributed by atoms with Crippen LogP contribution in [-0.2, 0) is 9.59 Å². The van der Waals surface area contributed by atoms with Gasteiger partial charge >= 0.3 is 0 Å². The second-order valence-electron chi connectivity index (χ2n) is 7.96. The van der Waals surface area contributed by atoms with Crippen molar-refractivity contribution < 1.29 is 19.6 Å². The van der Waals surface area contributed by atoms with Crippen molar-refractivity contribution in [3.05, 3.63) is 76.2 Å². The van der Waals surface area contributed by atoms with Gasteiger partial charge in [0.25, 0.3) is 5.91 Å². The zero-order valence-corrected chi connectivity index (χ0v) is 18.3. The van der Waals surface area contributed by atoms with Crippen molar-refractivity contribution in [1.82, 2.24) is 14.3 Å². The molecular formula is C23H23ClN4O3. The molecule has 31 heavy (non-hydrogen) atoms. The molecule has 0 spiro atoms. The van der Waals surface area contributed by atoms with Crippen LogP contribution in [0, 0.1) is 6.92 Å². The van der Waals surface area contributed by atoms with E-state index in [1.54, 1.807) is 53.9 Å². The van der Waals surface area contributed by atoms with Gasteiger partial charge in [0.2, 0.25) is 5.78 Å². The topological polar surface area (TPSA) is 82.2 Å². The third-order valence-electron chi connectivity index (χ3n) is 5.49. The highest BCUT2D eigenvalue weighted by Gasteiger charge is 2.44. The molecule has 1 saturated heterocycles. The number of aryl methyl sites for hydroxylation is 1. The number of benzene rings is 1. The molecule has 3 heterocycles. The molecule has 1 N–H and O–H groups in total. The molecule has 0 radical (unpaired) electrons. The van der Waals surface area contributed by atoms with E-state index in [-0.39, 0.29) is 5.57 Å². The summed E-state index contributed by atoms with van der Waals surface area (Å²) in [6.07, 6.45) is 1.73. The molecule has 0 bridgehead atoms. The van der Waals surface area contributed by atoms with Crippen molar-refractivity contribution in [2.75, 3.05) is 27.2 Å². The zero-order valence-electron chi connectivity index (χ0n) is 17.6. The molecule has 7 nitrogen and oxygen atoms in total.